The van der Waals surface area contributed by atoms with Crippen LogP contribution in [0.5, 0.6) is 11.5 Å². The van der Waals surface area contributed by atoms with Crippen molar-refractivity contribution in [1.82, 2.24) is 5.32 Å². The third-order valence-electron chi connectivity index (χ3n) is 5.03. The predicted octanol–water partition coefficient (Wildman–Crippen LogP) is 1.87. The highest BCUT2D eigenvalue weighted by molar-refractivity contribution is 5.97. The molecule has 1 atom stereocenters. The molecule has 0 bridgehead atoms. The number of amides is 2. The number of hydrogen-bond donors (Lipinski definition) is 1. The van der Waals surface area contributed by atoms with Crippen LogP contribution in [0, 0.1) is 5.92 Å². The fraction of sp³-hybridized carbons (Fsp3) is 0.556. The number of hydrogen-bond acceptors (Lipinski definition) is 4. The van der Waals surface area contributed by atoms with E-state index in [0.717, 1.165) is 31.4 Å². The number of carbonyl (C=O) groups excluding carboxylic acids is 2. The number of nitrogens with one attached hydrogen (secondary N) is 1. The summed E-state index contributed by atoms with van der Waals surface area (Å²) < 4.78 is 11.1. The average Bonchev–Trinajstić information content (AvgIpc) is 3.24. The smallest absolute Gasteiger partial charge is 0.229 e. The van der Waals surface area contributed by atoms with Gasteiger partial charge in [0.05, 0.1) is 6.04 Å². The van der Waals surface area contributed by atoms with Gasteiger partial charge in [-0.15, -0.1) is 0 Å². The molecule has 128 valence electrons. The number of fused-ring (bicyclic) bond motifs is 1. The van der Waals surface area contributed by atoms with Crippen LogP contribution in [0.25, 0.3) is 0 Å². The van der Waals surface area contributed by atoms with Crippen LogP contribution in [0.1, 0.15) is 32.1 Å². The number of anilines is 1. The summed E-state index contributed by atoms with van der Waals surface area (Å²) in [6.07, 6.45) is 4.56. The topological polar surface area (TPSA) is 67.9 Å². The van der Waals surface area contributed by atoms with Crippen molar-refractivity contribution in [3.8, 4) is 11.5 Å². The summed E-state index contributed by atoms with van der Waals surface area (Å²) in [5.41, 5.74) is 0.793. The van der Waals surface area contributed by atoms with Crippen molar-refractivity contribution in [3.05, 3.63) is 18.2 Å². The molecule has 3 aliphatic rings. The molecule has 0 spiro atoms. The average molecular weight is 330 g/mol. The molecule has 1 saturated carbocycles. The Labute approximate surface area is 141 Å². The van der Waals surface area contributed by atoms with Crippen LogP contribution in [0.15, 0.2) is 18.2 Å². The van der Waals surface area contributed by atoms with Gasteiger partial charge >= 0.3 is 0 Å². The molecule has 2 heterocycles. The quantitative estimate of drug-likeness (QED) is 0.919. The second kappa shape index (κ2) is 6.34. The minimum atomic E-state index is -0.112. The lowest BCUT2D eigenvalue weighted by Crippen LogP contribution is -2.40. The van der Waals surface area contributed by atoms with Crippen molar-refractivity contribution in [2.24, 2.45) is 5.92 Å². The molecule has 4 rings (SSSR count). The number of rotatable bonds is 3. The maximum atomic E-state index is 12.4. The molecule has 2 aliphatic heterocycles. The summed E-state index contributed by atoms with van der Waals surface area (Å²) in [7, 11) is 0. The molecule has 6 nitrogen and oxygen atoms in total. The first-order valence-electron chi connectivity index (χ1n) is 8.71. The van der Waals surface area contributed by atoms with Crippen LogP contribution < -0.4 is 19.7 Å². The maximum absolute atomic E-state index is 12.4. The second-order valence-electron chi connectivity index (χ2n) is 6.72. The van der Waals surface area contributed by atoms with E-state index < -0.39 is 0 Å². The standard InChI is InChI=1S/C18H22N2O4/c21-17-9-13(19-18(22)12-3-1-2-4-12)11-20(17)14-5-6-15-16(10-14)24-8-7-23-15/h5-6,10,12-13H,1-4,7-9,11H2,(H,19,22)/t13-/m0/s1. The van der Waals surface area contributed by atoms with Gasteiger partial charge in [0.2, 0.25) is 11.8 Å². The Morgan fingerprint density at radius 3 is 2.67 bits per heavy atom. The van der Waals surface area contributed by atoms with Crippen molar-refractivity contribution >= 4 is 17.5 Å². The molecule has 0 radical (unpaired) electrons. The van der Waals surface area contributed by atoms with Gasteiger partial charge in [-0.25, -0.2) is 0 Å². The molecule has 2 amide bonds. The lowest BCUT2D eigenvalue weighted by Gasteiger charge is -2.22. The predicted molar refractivity (Wildman–Crippen MR) is 88.3 cm³/mol. The summed E-state index contributed by atoms with van der Waals surface area (Å²) in [6.45, 7) is 1.58. The Bertz CT molecular complexity index is 654. The van der Waals surface area contributed by atoms with Crippen LogP contribution in [0.3, 0.4) is 0 Å². The van der Waals surface area contributed by atoms with Crippen molar-refractivity contribution in [1.29, 1.82) is 0 Å². The molecule has 0 unspecified atom stereocenters. The van der Waals surface area contributed by atoms with Gasteiger partial charge in [-0.05, 0) is 25.0 Å². The Morgan fingerprint density at radius 1 is 1.12 bits per heavy atom. The van der Waals surface area contributed by atoms with E-state index >= 15 is 0 Å². The Morgan fingerprint density at radius 2 is 1.88 bits per heavy atom. The van der Waals surface area contributed by atoms with Crippen LogP contribution >= 0.6 is 0 Å². The van der Waals surface area contributed by atoms with Crippen LogP contribution in [-0.2, 0) is 9.59 Å². The van der Waals surface area contributed by atoms with Crippen molar-refractivity contribution in [2.75, 3.05) is 24.7 Å². The highest BCUT2D eigenvalue weighted by Crippen LogP contribution is 2.35. The molecule has 6 heteroatoms. The first-order valence-corrected chi connectivity index (χ1v) is 8.71. The van der Waals surface area contributed by atoms with E-state index in [1.165, 1.54) is 0 Å². The van der Waals surface area contributed by atoms with E-state index in [-0.39, 0.29) is 23.8 Å². The van der Waals surface area contributed by atoms with Crippen LogP contribution in [-0.4, -0.2) is 37.6 Å². The van der Waals surface area contributed by atoms with Crippen LogP contribution in [0.4, 0.5) is 5.69 Å². The summed E-state index contributed by atoms with van der Waals surface area (Å²) in [4.78, 5) is 26.3. The SMILES string of the molecule is O=C(N[C@H]1CC(=O)N(c2ccc3c(c2)OCCO3)C1)C1CCCC1. The summed E-state index contributed by atoms with van der Waals surface area (Å²) in [5, 5.41) is 3.06. The van der Waals surface area contributed by atoms with E-state index in [9.17, 15) is 9.59 Å². The molecule has 1 saturated heterocycles. The van der Waals surface area contributed by atoms with Gasteiger partial charge in [-0.3, -0.25) is 9.59 Å². The highest BCUT2D eigenvalue weighted by atomic mass is 16.6. The number of carbonyl (C=O) groups is 2. The van der Waals surface area contributed by atoms with Gasteiger partial charge in [0, 0.05) is 30.6 Å². The zero-order valence-corrected chi connectivity index (χ0v) is 13.6. The van der Waals surface area contributed by atoms with Gasteiger partial charge in [0.1, 0.15) is 13.2 Å². The lowest BCUT2D eigenvalue weighted by molar-refractivity contribution is -0.125. The molecular weight excluding hydrogens is 308 g/mol. The molecule has 1 N–H and O–H groups in total. The molecule has 1 aromatic rings. The molecule has 1 aromatic carbocycles. The van der Waals surface area contributed by atoms with E-state index in [2.05, 4.69) is 5.32 Å². The van der Waals surface area contributed by atoms with E-state index in [1.807, 2.05) is 18.2 Å². The van der Waals surface area contributed by atoms with E-state index in [0.29, 0.717) is 37.7 Å². The van der Waals surface area contributed by atoms with Crippen molar-refractivity contribution < 1.29 is 19.1 Å². The van der Waals surface area contributed by atoms with Crippen molar-refractivity contribution in [2.45, 2.75) is 38.1 Å². The van der Waals surface area contributed by atoms with Crippen molar-refractivity contribution in [3.63, 3.8) is 0 Å². The highest BCUT2D eigenvalue weighted by Gasteiger charge is 2.34. The largest absolute Gasteiger partial charge is 0.486 e. The Hall–Kier alpha value is -2.24. The number of ether oxygens (including phenoxy) is 2. The summed E-state index contributed by atoms with van der Waals surface area (Å²) >= 11 is 0. The fourth-order valence-electron chi connectivity index (χ4n) is 3.76. The van der Waals surface area contributed by atoms with E-state index in [1.54, 1.807) is 4.90 Å². The minimum absolute atomic E-state index is 0.0309. The zero-order chi connectivity index (χ0) is 16.5. The molecule has 0 aromatic heterocycles. The first kappa shape index (κ1) is 15.3. The molecule has 24 heavy (non-hydrogen) atoms. The normalized spacial score (nSPS) is 23.6. The summed E-state index contributed by atoms with van der Waals surface area (Å²) in [5.74, 6) is 1.65. The monoisotopic (exact) mass is 330 g/mol. The lowest BCUT2D eigenvalue weighted by atomic mass is 10.1. The fourth-order valence-corrected chi connectivity index (χ4v) is 3.76. The Balaban J connectivity index is 1.43. The summed E-state index contributed by atoms with van der Waals surface area (Å²) in [6, 6.07) is 5.43. The van der Waals surface area contributed by atoms with Gasteiger partial charge in [-0.2, -0.15) is 0 Å². The van der Waals surface area contributed by atoms with Gasteiger partial charge in [-0.1, -0.05) is 12.8 Å². The molecule has 2 fully saturated rings. The van der Waals surface area contributed by atoms with E-state index in [4.69, 9.17) is 9.47 Å². The number of benzene rings is 1. The van der Waals surface area contributed by atoms with Gasteiger partial charge in [0.25, 0.3) is 0 Å². The number of nitrogens with zero attached hydrogens (tertiary/aromatic N) is 1. The molecular formula is C18H22N2O4. The van der Waals surface area contributed by atoms with Gasteiger partial charge < -0.3 is 19.7 Å². The molecule has 1 aliphatic carbocycles. The Kier molecular flexibility index (Phi) is 4.04. The van der Waals surface area contributed by atoms with Crippen LogP contribution in [0.2, 0.25) is 0 Å². The maximum Gasteiger partial charge on any atom is 0.229 e. The zero-order valence-electron chi connectivity index (χ0n) is 13.6. The minimum Gasteiger partial charge on any atom is -0.486 e. The second-order valence-corrected chi connectivity index (χ2v) is 6.72. The third kappa shape index (κ3) is 2.92. The first-order chi connectivity index (χ1) is 11.7. The third-order valence-corrected chi connectivity index (χ3v) is 5.03. The van der Waals surface area contributed by atoms with Gasteiger partial charge in [0.15, 0.2) is 11.5 Å².